The van der Waals surface area contributed by atoms with Crippen molar-refractivity contribution in [3.63, 3.8) is 0 Å². The number of nitro groups is 1. The zero-order valence-electron chi connectivity index (χ0n) is 7.09. The van der Waals surface area contributed by atoms with E-state index in [2.05, 4.69) is 21.4 Å². The predicted molar refractivity (Wildman–Crippen MR) is 59.4 cm³/mol. The highest BCUT2D eigenvalue weighted by molar-refractivity contribution is 8.38. The number of nitrogens with zero attached hydrogens (tertiary/aromatic N) is 1. The molecule has 0 fully saturated rings. The molecule has 1 aromatic rings. The van der Waals surface area contributed by atoms with Crippen LogP contribution in [-0.2, 0) is 0 Å². The first kappa shape index (κ1) is 14.0. The number of aromatic carboxylic acids is 1. The molecule has 1 N–H and O–H groups in total. The molecule has 5 nitrogen and oxygen atoms in total. The van der Waals surface area contributed by atoms with E-state index in [0.29, 0.717) is 10.2 Å². The molecule has 0 amide bonds. The van der Waals surface area contributed by atoms with Gasteiger partial charge < -0.3 is 5.11 Å². The summed E-state index contributed by atoms with van der Waals surface area (Å²) >= 11 is 0. The highest BCUT2D eigenvalue weighted by Gasteiger charge is 2.08. The average Bonchev–Trinajstić information content (AvgIpc) is 2.19. The summed E-state index contributed by atoms with van der Waals surface area (Å²) in [4.78, 5) is 19.9. The molecular formula is C7H5Cl2NO4S. The topological polar surface area (TPSA) is 80.4 Å². The van der Waals surface area contributed by atoms with Gasteiger partial charge in [-0.2, -0.15) is 0 Å². The van der Waals surface area contributed by atoms with Gasteiger partial charge in [-0.25, -0.2) is 4.79 Å². The van der Waals surface area contributed by atoms with E-state index >= 15 is 0 Å². The van der Waals surface area contributed by atoms with Gasteiger partial charge in [0.15, 0.2) is 0 Å². The van der Waals surface area contributed by atoms with E-state index in [4.69, 9.17) is 5.11 Å². The maximum atomic E-state index is 10.4. The number of benzene rings is 1. The average molecular weight is 270 g/mol. The van der Waals surface area contributed by atoms with Crippen molar-refractivity contribution in [2.75, 3.05) is 0 Å². The molecule has 0 aromatic heterocycles. The molecule has 0 aliphatic heterocycles. The summed E-state index contributed by atoms with van der Waals surface area (Å²) in [6.07, 6.45) is 0. The van der Waals surface area contributed by atoms with Gasteiger partial charge in [0.25, 0.3) is 5.69 Å². The van der Waals surface area contributed by atoms with Crippen molar-refractivity contribution in [1.29, 1.82) is 0 Å². The quantitative estimate of drug-likeness (QED) is 0.658. The van der Waals surface area contributed by atoms with E-state index in [9.17, 15) is 14.9 Å². The molecule has 0 saturated carbocycles. The number of nitro benzene ring substituents is 1. The zero-order valence-corrected chi connectivity index (χ0v) is 9.42. The van der Waals surface area contributed by atoms with Gasteiger partial charge in [-0.15, -0.1) is 0 Å². The number of carboxylic acid groups (broad SMARTS) is 1. The number of hydrogen-bond donors (Lipinski definition) is 1. The summed E-state index contributed by atoms with van der Waals surface area (Å²) in [5.41, 5.74) is -0.292. The van der Waals surface area contributed by atoms with Crippen LogP contribution in [0.5, 0.6) is 0 Å². The fourth-order valence-electron chi connectivity index (χ4n) is 0.753. The van der Waals surface area contributed by atoms with Crippen LogP contribution in [0.25, 0.3) is 0 Å². The van der Waals surface area contributed by atoms with Crippen LogP contribution in [0.1, 0.15) is 10.4 Å². The van der Waals surface area contributed by atoms with E-state index < -0.39 is 10.9 Å². The molecule has 1 aromatic carbocycles. The van der Waals surface area contributed by atoms with Gasteiger partial charge in [0, 0.05) is 12.1 Å². The summed E-state index contributed by atoms with van der Waals surface area (Å²) in [7, 11) is 10.1. The highest BCUT2D eigenvalue weighted by atomic mass is 36.0. The normalized spacial score (nSPS) is 8.67. The van der Waals surface area contributed by atoms with Crippen molar-refractivity contribution in [1.82, 2.24) is 0 Å². The third-order valence-corrected chi connectivity index (χ3v) is 1.30. The number of carbonyl (C=O) groups is 1. The molecule has 0 radical (unpaired) electrons. The Bertz CT molecular complexity index is 331. The van der Waals surface area contributed by atoms with E-state index in [0.717, 1.165) is 6.07 Å². The molecule has 0 saturated heterocycles. The van der Waals surface area contributed by atoms with E-state index in [-0.39, 0.29) is 11.3 Å². The molecule has 82 valence electrons. The Balaban J connectivity index is 0.000000583. The van der Waals surface area contributed by atoms with Gasteiger partial charge in [-0.05, 0) is 27.4 Å². The molecule has 0 unspecified atom stereocenters. The van der Waals surface area contributed by atoms with Crippen molar-refractivity contribution < 1.29 is 14.8 Å². The van der Waals surface area contributed by atoms with Crippen molar-refractivity contribution in [2.24, 2.45) is 0 Å². The Morgan fingerprint density at radius 1 is 1.47 bits per heavy atom. The molecule has 0 aliphatic carbocycles. The fraction of sp³-hybridized carbons (Fsp3) is 0. The molecule has 0 spiro atoms. The second-order valence-electron chi connectivity index (χ2n) is 2.17. The highest BCUT2D eigenvalue weighted by Crippen LogP contribution is 2.12. The number of non-ortho nitro benzene ring substituents is 1. The van der Waals surface area contributed by atoms with Crippen LogP contribution in [0.15, 0.2) is 24.3 Å². The maximum absolute atomic E-state index is 10.4. The third kappa shape index (κ3) is 5.46. The first-order valence-electron chi connectivity index (χ1n) is 3.40. The van der Waals surface area contributed by atoms with Gasteiger partial charge in [0.05, 0.1) is 20.7 Å². The second kappa shape index (κ2) is 7.33. The van der Waals surface area contributed by atoms with Crippen LogP contribution in [-0.4, -0.2) is 16.0 Å². The minimum absolute atomic E-state index is 0.0794. The lowest BCUT2D eigenvalue weighted by Gasteiger charge is -1.92. The predicted octanol–water partition coefficient (Wildman–Crippen LogP) is 3.32. The third-order valence-electron chi connectivity index (χ3n) is 1.30. The molecule has 8 heteroatoms. The van der Waals surface area contributed by atoms with Crippen molar-refractivity contribution >= 4 is 43.2 Å². The summed E-state index contributed by atoms with van der Waals surface area (Å²) < 4.78 is 0. The molecule has 0 aliphatic rings. The number of rotatable bonds is 2. The molecule has 15 heavy (non-hydrogen) atoms. The molecule has 0 atom stereocenters. The fourth-order valence-corrected chi connectivity index (χ4v) is 0.753. The lowest BCUT2D eigenvalue weighted by Crippen LogP contribution is -1.97. The van der Waals surface area contributed by atoms with Gasteiger partial charge in [-0.3, -0.25) is 10.1 Å². The minimum atomic E-state index is -1.17. The smallest absolute Gasteiger partial charge is 0.335 e. The van der Waals surface area contributed by atoms with Crippen LogP contribution in [0.3, 0.4) is 0 Å². The van der Waals surface area contributed by atoms with Gasteiger partial charge in [0.2, 0.25) is 0 Å². The lowest BCUT2D eigenvalue weighted by atomic mass is 10.2. The first-order chi connectivity index (χ1) is 7.02. The monoisotopic (exact) mass is 269 g/mol. The van der Waals surface area contributed by atoms with Gasteiger partial charge >= 0.3 is 5.97 Å². The van der Waals surface area contributed by atoms with Crippen molar-refractivity contribution in [3.8, 4) is 0 Å². The SMILES string of the molecule is ClSCl.O=C(O)c1cccc([N+](=O)[O-])c1. The van der Waals surface area contributed by atoms with Crippen LogP contribution < -0.4 is 0 Å². The Morgan fingerprint density at radius 2 is 2.00 bits per heavy atom. The molecule has 0 bridgehead atoms. The molecule has 0 heterocycles. The number of carboxylic acids is 1. The lowest BCUT2D eigenvalue weighted by molar-refractivity contribution is -0.384. The summed E-state index contributed by atoms with van der Waals surface area (Å²) in [5, 5.41) is 18.7. The van der Waals surface area contributed by atoms with Crippen LogP contribution in [0, 0.1) is 10.1 Å². The Hall–Kier alpha value is -0.980. The standard InChI is InChI=1S/C7H5NO4.Cl2S/c9-7(10)5-2-1-3-6(4-5)8(11)12;1-3-2/h1-4H,(H,9,10);. The zero-order chi connectivity index (χ0) is 11.8. The van der Waals surface area contributed by atoms with E-state index in [1.54, 1.807) is 0 Å². The largest absolute Gasteiger partial charge is 0.478 e. The number of hydrogen-bond acceptors (Lipinski definition) is 4. The second-order valence-corrected chi connectivity index (χ2v) is 3.69. The van der Waals surface area contributed by atoms with Crippen LogP contribution >= 0.6 is 31.6 Å². The number of halogens is 2. The van der Waals surface area contributed by atoms with Crippen LogP contribution in [0.2, 0.25) is 0 Å². The Labute approximate surface area is 98.1 Å². The molecule has 1 rings (SSSR count). The molecular weight excluding hydrogens is 265 g/mol. The first-order valence-corrected chi connectivity index (χ1v) is 5.87. The van der Waals surface area contributed by atoms with Crippen molar-refractivity contribution in [2.45, 2.75) is 0 Å². The van der Waals surface area contributed by atoms with Gasteiger partial charge in [-0.1, -0.05) is 6.07 Å². The van der Waals surface area contributed by atoms with Gasteiger partial charge in [0.1, 0.15) is 0 Å². The van der Waals surface area contributed by atoms with E-state index in [1.807, 2.05) is 0 Å². The van der Waals surface area contributed by atoms with Crippen LogP contribution in [0.4, 0.5) is 5.69 Å². The van der Waals surface area contributed by atoms with E-state index in [1.165, 1.54) is 18.2 Å². The maximum Gasteiger partial charge on any atom is 0.335 e. The minimum Gasteiger partial charge on any atom is -0.478 e. The Kier molecular flexibility index (Phi) is 6.85. The summed E-state index contributed by atoms with van der Waals surface area (Å²) in [6, 6.07) is 4.89. The summed E-state index contributed by atoms with van der Waals surface area (Å²) in [6.45, 7) is 0. The summed E-state index contributed by atoms with van der Waals surface area (Å²) in [5.74, 6) is -1.17. The van der Waals surface area contributed by atoms with Crippen molar-refractivity contribution in [3.05, 3.63) is 39.9 Å². The Morgan fingerprint density at radius 3 is 2.40 bits per heavy atom.